The zero-order valence-corrected chi connectivity index (χ0v) is 14.6. The topological polar surface area (TPSA) is 83.7 Å². The summed E-state index contributed by atoms with van der Waals surface area (Å²) in [5.74, 6) is 2.02. The van der Waals surface area contributed by atoms with Crippen molar-refractivity contribution in [3.8, 4) is 5.75 Å². The summed E-state index contributed by atoms with van der Waals surface area (Å²) in [6.07, 6.45) is 3.82. The fourth-order valence-electron chi connectivity index (χ4n) is 2.99. The number of para-hydroxylation sites is 1. The predicted octanol–water partition coefficient (Wildman–Crippen LogP) is 1.18. The highest BCUT2D eigenvalue weighted by Crippen LogP contribution is 2.32. The van der Waals surface area contributed by atoms with Crippen molar-refractivity contribution in [3.63, 3.8) is 0 Å². The molecule has 1 aromatic carbocycles. The van der Waals surface area contributed by atoms with Crippen LogP contribution in [0.1, 0.15) is 29.6 Å². The molecule has 1 aliphatic rings. The fraction of sp³-hybridized carbons (Fsp3) is 0.444. The molecular weight excluding hydrogens is 318 g/mol. The highest BCUT2D eigenvalue weighted by molar-refractivity contribution is 5.79. The molecule has 134 valence electrons. The van der Waals surface area contributed by atoms with Gasteiger partial charge in [-0.2, -0.15) is 5.10 Å². The monoisotopic (exact) mass is 343 g/mol. The molecule has 2 heterocycles. The fourth-order valence-corrected chi connectivity index (χ4v) is 2.99. The van der Waals surface area contributed by atoms with Gasteiger partial charge in [-0.3, -0.25) is 9.67 Å². The number of hydrogen-bond donors (Lipinski definition) is 3. The van der Waals surface area contributed by atoms with Crippen LogP contribution in [0.3, 0.4) is 0 Å². The van der Waals surface area contributed by atoms with Crippen molar-refractivity contribution in [1.29, 1.82) is 0 Å². The highest BCUT2D eigenvalue weighted by atomic mass is 16.5. The Kier molecular flexibility index (Phi) is 5.55. The van der Waals surface area contributed by atoms with E-state index < -0.39 is 6.10 Å². The van der Waals surface area contributed by atoms with E-state index in [9.17, 15) is 5.11 Å². The molecular formula is C18H25N5O2. The maximum absolute atomic E-state index is 10.2. The largest absolute Gasteiger partial charge is 0.493 e. The molecule has 0 fully saturated rings. The minimum absolute atomic E-state index is 0.371. The van der Waals surface area contributed by atoms with Gasteiger partial charge in [-0.1, -0.05) is 18.2 Å². The first-order valence-electron chi connectivity index (χ1n) is 8.50. The van der Waals surface area contributed by atoms with Gasteiger partial charge in [-0.25, -0.2) is 0 Å². The van der Waals surface area contributed by atoms with Gasteiger partial charge >= 0.3 is 0 Å². The van der Waals surface area contributed by atoms with Crippen molar-refractivity contribution in [3.05, 3.63) is 47.8 Å². The number of nitrogens with zero attached hydrogens (tertiary/aromatic N) is 3. The number of ether oxygens (including phenoxy) is 1. The van der Waals surface area contributed by atoms with E-state index in [1.165, 1.54) is 5.56 Å². The maximum atomic E-state index is 10.2. The van der Waals surface area contributed by atoms with Crippen LogP contribution in [-0.2, 0) is 7.05 Å². The van der Waals surface area contributed by atoms with Gasteiger partial charge in [0, 0.05) is 44.9 Å². The molecule has 1 aromatic heterocycles. The summed E-state index contributed by atoms with van der Waals surface area (Å²) >= 11 is 0. The van der Waals surface area contributed by atoms with Gasteiger partial charge in [0.2, 0.25) is 0 Å². The Hall–Kier alpha value is -2.54. The van der Waals surface area contributed by atoms with Gasteiger partial charge in [-0.15, -0.1) is 0 Å². The van der Waals surface area contributed by atoms with E-state index in [1.807, 2.05) is 31.4 Å². The number of hydrogen-bond acceptors (Lipinski definition) is 4. The number of nitrogens with one attached hydrogen (secondary N) is 2. The van der Waals surface area contributed by atoms with Crippen LogP contribution < -0.4 is 15.4 Å². The molecule has 0 saturated heterocycles. The summed E-state index contributed by atoms with van der Waals surface area (Å²) in [6.45, 7) is 1.87. The first-order valence-corrected chi connectivity index (χ1v) is 8.50. The van der Waals surface area contributed by atoms with Crippen molar-refractivity contribution >= 4 is 5.96 Å². The molecule has 2 unspecified atom stereocenters. The molecule has 0 amide bonds. The number of benzene rings is 1. The summed E-state index contributed by atoms with van der Waals surface area (Å²) < 4.78 is 7.38. The molecule has 25 heavy (non-hydrogen) atoms. The lowest BCUT2D eigenvalue weighted by Gasteiger charge is -2.26. The van der Waals surface area contributed by atoms with Crippen molar-refractivity contribution < 1.29 is 9.84 Å². The Morgan fingerprint density at radius 1 is 1.44 bits per heavy atom. The number of guanidine groups is 1. The number of aliphatic imine (C=N–C) groups is 1. The first kappa shape index (κ1) is 17.3. The van der Waals surface area contributed by atoms with E-state index in [2.05, 4.69) is 26.8 Å². The number of aryl methyl sites for hydroxylation is 1. The molecule has 0 radical (unpaired) electrons. The van der Waals surface area contributed by atoms with Crippen LogP contribution in [0.5, 0.6) is 5.75 Å². The maximum Gasteiger partial charge on any atom is 0.191 e. The SMILES string of the molecule is CN=C(NCC(O)c1cnn(C)c1)NCC1CCOc2ccccc21. The Morgan fingerprint density at radius 3 is 3.04 bits per heavy atom. The number of fused-ring (bicyclic) bond motifs is 1. The van der Waals surface area contributed by atoms with E-state index in [1.54, 1.807) is 17.9 Å². The third-order valence-electron chi connectivity index (χ3n) is 4.39. The number of aliphatic hydroxyl groups excluding tert-OH is 1. The Balaban J connectivity index is 1.52. The zero-order chi connectivity index (χ0) is 17.6. The number of aromatic nitrogens is 2. The Morgan fingerprint density at radius 2 is 2.28 bits per heavy atom. The quantitative estimate of drug-likeness (QED) is 0.561. The second-order valence-corrected chi connectivity index (χ2v) is 6.17. The summed E-state index contributed by atoms with van der Waals surface area (Å²) in [5, 5.41) is 20.8. The normalized spacial score (nSPS) is 18.2. The molecule has 3 N–H and O–H groups in total. The molecule has 1 aliphatic heterocycles. The van der Waals surface area contributed by atoms with Crippen LogP contribution in [-0.4, -0.2) is 47.6 Å². The summed E-state index contributed by atoms with van der Waals surface area (Å²) in [4.78, 5) is 4.23. The van der Waals surface area contributed by atoms with E-state index in [0.29, 0.717) is 18.4 Å². The zero-order valence-electron chi connectivity index (χ0n) is 14.6. The lowest BCUT2D eigenvalue weighted by atomic mass is 9.93. The third kappa shape index (κ3) is 4.30. The van der Waals surface area contributed by atoms with Crippen LogP contribution in [0, 0.1) is 0 Å². The molecule has 2 atom stereocenters. The molecule has 7 nitrogen and oxygen atoms in total. The van der Waals surface area contributed by atoms with Gasteiger partial charge in [0.05, 0.1) is 18.9 Å². The average Bonchev–Trinajstić information content (AvgIpc) is 3.08. The predicted molar refractivity (Wildman–Crippen MR) is 96.8 cm³/mol. The third-order valence-corrected chi connectivity index (χ3v) is 4.39. The van der Waals surface area contributed by atoms with Crippen molar-refractivity contribution in [2.75, 3.05) is 26.7 Å². The molecule has 0 spiro atoms. The lowest BCUT2D eigenvalue weighted by molar-refractivity contribution is 0.180. The Labute approximate surface area is 147 Å². The standard InChI is InChI=1S/C18H25N5O2/c1-19-18(21-11-16(24)14-10-22-23(2)12-14)20-9-13-7-8-25-17-6-4-3-5-15(13)17/h3-6,10,12-13,16,24H,7-9,11H2,1-2H3,(H2,19,20,21). The average molecular weight is 343 g/mol. The van der Waals surface area contributed by atoms with Crippen LogP contribution >= 0.6 is 0 Å². The van der Waals surface area contributed by atoms with Gasteiger partial charge in [0.25, 0.3) is 0 Å². The van der Waals surface area contributed by atoms with Gasteiger partial charge in [-0.05, 0) is 18.1 Å². The van der Waals surface area contributed by atoms with Crippen LogP contribution in [0.15, 0.2) is 41.7 Å². The van der Waals surface area contributed by atoms with E-state index in [0.717, 1.165) is 30.9 Å². The van der Waals surface area contributed by atoms with Crippen molar-refractivity contribution in [2.45, 2.75) is 18.4 Å². The van der Waals surface area contributed by atoms with Crippen LogP contribution in [0.2, 0.25) is 0 Å². The summed E-state index contributed by atoms with van der Waals surface area (Å²) in [5.41, 5.74) is 2.01. The second-order valence-electron chi connectivity index (χ2n) is 6.17. The first-order chi connectivity index (χ1) is 12.2. The molecule has 0 saturated carbocycles. The second kappa shape index (κ2) is 8.02. The van der Waals surface area contributed by atoms with Crippen molar-refractivity contribution in [2.24, 2.45) is 12.0 Å². The number of aliphatic hydroxyl groups is 1. The Bertz CT molecular complexity index is 728. The summed E-state index contributed by atoms with van der Waals surface area (Å²) in [7, 11) is 3.56. The molecule has 7 heteroatoms. The van der Waals surface area contributed by atoms with E-state index in [4.69, 9.17) is 4.74 Å². The number of rotatable bonds is 5. The van der Waals surface area contributed by atoms with E-state index in [-0.39, 0.29) is 0 Å². The minimum Gasteiger partial charge on any atom is -0.493 e. The molecule has 3 rings (SSSR count). The van der Waals surface area contributed by atoms with E-state index >= 15 is 0 Å². The van der Waals surface area contributed by atoms with Crippen LogP contribution in [0.4, 0.5) is 0 Å². The van der Waals surface area contributed by atoms with Crippen LogP contribution in [0.25, 0.3) is 0 Å². The molecule has 0 bridgehead atoms. The smallest absolute Gasteiger partial charge is 0.191 e. The van der Waals surface area contributed by atoms with Gasteiger partial charge < -0.3 is 20.5 Å². The summed E-state index contributed by atoms with van der Waals surface area (Å²) in [6, 6.07) is 8.16. The highest BCUT2D eigenvalue weighted by Gasteiger charge is 2.21. The molecule has 2 aromatic rings. The lowest BCUT2D eigenvalue weighted by Crippen LogP contribution is -2.41. The minimum atomic E-state index is -0.629. The van der Waals surface area contributed by atoms with Crippen molar-refractivity contribution in [1.82, 2.24) is 20.4 Å². The van der Waals surface area contributed by atoms with Gasteiger partial charge in [0.1, 0.15) is 5.75 Å². The van der Waals surface area contributed by atoms with Gasteiger partial charge in [0.15, 0.2) is 5.96 Å². The molecule has 0 aliphatic carbocycles.